The van der Waals surface area contributed by atoms with Crippen LogP contribution in [0.2, 0.25) is 0 Å². The molecule has 1 unspecified atom stereocenters. The predicted molar refractivity (Wildman–Crippen MR) is 87.6 cm³/mol. The number of benzene rings is 3. The van der Waals surface area contributed by atoms with Gasteiger partial charge in [0, 0.05) is 6.04 Å². The Bertz CT molecular complexity index is 729. The fourth-order valence-corrected chi connectivity index (χ4v) is 2.79. The summed E-state index contributed by atoms with van der Waals surface area (Å²) in [6, 6.07) is 22.6. The lowest BCUT2D eigenvalue weighted by Crippen LogP contribution is -2.19. The van der Waals surface area contributed by atoms with Crippen molar-refractivity contribution >= 4 is 10.8 Å². The van der Waals surface area contributed by atoms with E-state index in [1.165, 1.54) is 21.9 Å². The van der Waals surface area contributed by atoms with Crippen LogP contribution in [-0.2, 0) is 6.42 Å². The molecule has 3 rings (SSSR count). The second-order valence-electron chi connectivity index (χ2n) is 5.28. The van der Waals surface area contributed by atoms with Crippen LogP contribution in [0.15, 0.2) is 66.7 Å². The first kappa shape index (κ1) is 13.7. The number of phenols is 1. The van der Waals surface area contributed by atoms with E-state index in [2.05, 4.69) is 47.8 Å². The molecule has 3 aromatic carbocycles. The van der Waals surface area contributed by atoms with Gasteiger partial charge in [-0.25, -0.2) is 0 Å². The molecule has 2 heteroatoms. The molecule has 0 aliphatic rings. The molecular formula is C19H19NO. The summed E-state index contributed by atoms with van der Waals surface area (Å²) in [6.45, 7) is 0. The molecule has 0 bridgehead atoms. The Morgan fingerprint density at radius 3 is 2.38 bits per heavy atom. The molecule has 2 nitrogen and oxygen atoms in total. The smallest absolute Gasteiger partial charge is 0.115 e. The maximum Gasteiger partial charge on any atom is 0.115 e. The zero-order valence-electron chi connectivity index (χ0n) is 12.1. The van der Waals surface area contributed by atoms with Crippen LogP contribution >= 0.6 is 0 Å². The fraction of sp³-hybridized carbons (Fsp3) is 0.158. The highest BCUT2D eigenvalue weighted by atomic mass is 16.3. The quantitative estimate of drug-likeness (QED) is 0.754. The normalized spacial score (nSPS) is 12.4. The van der Waals surface area contributed by atoms with Gasteiger partial charge in [0.25, 0.3) is 0 Å². The SMILES string of the molecule is CNC(Cc1ccc(O)cc1)c1cccc2ccccc12. The third-order valence-corrected chi connectivity index (χ3v) is 3.92. The lowest BCUT2D eigenvalue weighted by Gasteiger charge is -2.19. The maximum absolute atomic E-state index is 9.39. The summed E-state index contributed by atoms with van der Waals surface area (Å²) in [4.78, 5) is 0. The molecule has 0 heterocycles. The van der Waals surface area contributed by atoms with Gasteiger partial charge in [-0.1, -0.05) is 54.6 Å². The zero-order valence-corrected chi connectivity index (χ0v) is 12.1. The van der Waals surface area contributed by atoms with Crippen molar-refractivity contribution in [2.45, 2.75) is 12.5 Å². The van der Waals surface area contributed by atoms with E-state index in [0.717, 1.165) is 6.42 Å². The van der Waals surface area contributed by atoms with Crippen molar-refractivity contribution in [3.8, 4) is 5.75 Å². The van der Waals surface area contributed by atoms with Crippen molar-refractivity contribution in [2.75, 3.05) is 7.05 Å². The third-order valence-electron chi connectivity index (χ3n) is 3.92. The average Bonchev–Trinajstić information content (AvgIpc) is 2.54. The Kier molecular flexibility index (Phi) is 3.89. The van der Waals surface area contributed by atoms with Crippen LogP contribution in [0.5, 0.6) is 5.75 Å². The van der Waals surface area contributed by atoms with Gasteiger partial charge in [0.1, 0.15) is 5.75 Å². The zero-order chi connectivity index (χ0) is 14.7. The van der Waals surface area contributed by atoms with Gasteiger partial charge in [-0.3, -0.25) is 0 Å². The van der Waals surface area contributed by atoms with Gasteiger partial charge < -0.3 is 10.4 Å². The highest BCUT2D eigenvalue weighted by Gasteiger charge is 2.13. The van der Waals surface area contributed by atoms with Crippen LogP contribution in [0, 0.1) is 0 Å². The number of rotatable bonds is 4. The van der Waals surface area contributed by atoms with E-state index in [1.807, 2.05) is 19.2 Å². The monoisotopic (exact) mass is 277 g/mol. The minimum atomic E-state index is 0.251. The standard InChI is InChI=1S/C19H19NO/c1-20-19(13-14-9-11-16(21)12-10-14)18-8-4-6-15-5-2-3-7-17(15)18/h2-12,19-21H,13H2,1H3. The number of phenolic OH excluding ortho intramolecular Hbond substituents is 1. The largest absolute Gasteiger partial charge is 0.508 e. The van der Waals surface area contributed by atoms with Crippen LogP contribution < -0.4 is 5.32 Å². The van der Waals surface area contributed by atoms with Crippen LogP contribution in [0.25, 0.3) is 10.8 Å². The fourth-order valence-electron chi connectivity index (χ4n) is 2.79. The minimum Gasteiger partial charge on any atom is -0.508 e. The van der Waals surface area contributed by atoms with Crippen molar-refractivity contribution in [1.29, 1.82) is 0 Å². The first-order valence-electron chi connectivity index (χ1n) is 7.21. The highest BCUT2D eigenvalue weighted by Crippen LogP contribution is 2.27. The number of likely N-dealkylation sites (N-methyl/N-ethyl adjacent to an activating group) is 1. The molecule has 0 aliphatic carbocycles. The molecule has 2 N–H and O–H groups in total. The molecule has 0 radical (unpaired) electrons. The Morgan fingerprint density at radius 1 is 0.905 bits per heavy atom. The summed E-state index contributed by atoms with van der Waals surface area (Å²) in [6.07, 6.45) is 0.894. The van der Waals surface area contributed by atoms with E-state index in [1.54, 1.807) is 12.1 Å². The number of aromatic hydroxyl groups is 1. The Hall–Kier alpha value is -2.32. The van der Waals surface area contributed by atoms with E-state index >= 15 is 0 Å². The Morgan fingerprint density at radius 2 is 1.62 bits per heavy atom. The molecule has 21 heavy (non-hydrogen) atoms. The molecule has 3 aromatic rings. The van der Waals surface area contributed by atoms with Gasteiger partial charge in [0.2, 0.25) is 0 Å². The average molecular weight is 277 g/mol. The van der Waals surface area contributed by atoms with Gasteiger partial charge in [-0.2, -0.15) is 0 Å². The third kappa shape index (κ3) is 2.91. The number of nitrogens with one attached hydrogen (secondary N) is 1. The molecule has 0 aromatic heterocycles. The van der Waals surface area contributed by atoms with Crippen molar-refractivity contribution in [3.63, 3.8) is 0 Å². The van der Waals surface area contributed by atoms with Gasteiger partial charge in [-0.05, 0) is 47.5 Å². The topological polar surface area (TPSA) is 32.3 Å². The summed E-state index contributed by atoms with van der Waals surface area (Å²) in [7, 11) is 1.99. The van der Waals surface area contributed by atoms with E-state index in [0.29, 0.717) is 5.75 Å². The van der Waals surface area contributed by atoms with Crippen LogP contribution in [0.1, 0.15) is 17.2 Å². The highest BCUT2D eigenvalue weighted by molar-refractivity contribution is 5.86. The molecule has 0 spiro atoms. The van der Waals surface area contributed by atoms with E-state index in [-0.39, 0.29) is 6.04 Å². The first-order chi connectivity index (χ1) is 10.3. The van der Waals surface area contributed by atoms with Crippen LogP contribution in [-0.4, -0.2) is 12.2 Å². The van der Waals surface area contributed by atoms with Crippen molar-refractivity contribution in [1.82, 2.24) is 5.32 Å². The number of hydrogen-bond acceptors (Lipinski definition) is 2. The summed E-state index contributed by atoms with van der Waals surface area (Å²) in [5.74, 6) is 0.310. The molecule has 106 valence electrons. The van der Waals surface area contributed by atoms with Crippen molar-refractivity contribution in [2.24, 2.45) is 0 Å². The number of fused-ring (bicyclic) bond motifs is 1. The Labute approximate surface area is 125 Å². The first-order valence-corrected chi connectivity index (χ1v) is 7.21. The summed E-state index contributed by atoms with van der Waals surface area (Å²) in [5.41, 5.74) is 2.52. The minimum absolute atomic E-state index is 0.251. The predicted octanol–water partition coefficient (Wildman–Crippen LogP) is 4.05. The lowest BCUT2D eigenvalue weighted by molar-refractivity contribution is 0.475. The molecule has 0 aliphatic heterocycles. The summed E-state index contributed by atoms with van der Waals surface area (Å²) < 4.78 is 0. The van der Waals surface area contributed by atoms with Crippen LogP contribution in [0.3, 0.4) is 0 Å². The summed E-state index contributed by atoms with van der Waals surface area (Å²) in [5, 5.41) is 15.4. The maximum atomic E-state index is 9.39. The molecule has 1 atom stereocenters. The van der Waals surface area contributed by atoms with Crippen molar-refractivity contribution < 1.29 is 5.11 Å². The van der Waals surface area contributed by atoms with Gasteiger partial charge in [0.15, 0.2) is 0 Å². The second-order valence-corrected chi connectivity index (χ2v) is 5.28. The van der Waals surface area contributed by atoms with Crippen LogP contribution in [0.4, 0.5) is 0 Å². The summed E-state index contributed by atoms with van der Waals surface area (Å²) >= 11 is 0. The Balaban J connectivity index is 1.96. The second kappa shape index (κ2) is 5.98. The van der Waals surface area contributed by atoms with Gasteiger partial charge in [0.05, 0.1) is 0 Å². The van der Waals surface area contributed by atoms with Gasteiger partial charge >= 0.3 is 0 Å². The molecule has 0 saturated carbocycles. The molecule has 0 amide bonds. The van der Waals surface area contributed by atoms with Crippen molar-refractivity contribution in [3.05, 3.63) is 77.9 Å². The van der Waals surface area contributed by atoms with Gasteiger partial charge in [-0.15, -0.1) is 0 Å². The molecular weight excluding hydrogens is 258 g/mol. The van der Waals surface area contributed by atoms with E-state index in [9.17, 15) is 5.11 Å². The molecule has 0 saturated heterocycles. The number of hydrogen-bond donors (Lipinski definition) is 2. The molecule has 0 fully saturated rings. The lowest BCUT2D eigenvalue weighted by atomic mass is 9.94. The van der Waals surface area contributed by atoms with E-state index in [4.69, 9.17) is 0 Å². The van der Waals surface area contributed by atoms with E-state index < -0.39 is 0 Å².